The molecule has 0 fully saturated rings. The summed E-state index contributed by atoms with van der Waals surface area (Å²) in [6.07, 6.45) is 0. The second kappa shape index (κ2) is 5.65. The second-order valence-electron chi connectivity index (χ2n) is 3.90. The van der Waals surface area contributed by atoms with E-state index in [2.05, 4.69) is 15.9 Å². The van der Waals surface area contributed by atoms with Gasteiger partial charge < -0.3 is 5.11 Å². The van der Waals surface area contributed by atoms with Crippen molar-refractivity contribution in [2.45, 2.75) is 13.8 Å². The molecule has 0 aliphatic heterocycles. The van der Waals surface area contributed by atoms with Gasteiger partial charge in [0.15, 0.2) is 5.78 Å². The Hall–Kier alpha value is -0.870. The lowest BCUT2D eigenvalue weighted by Gasteiger charge is -2.15. The van der Waals surface area contributed by atoms with E-state index in [4.69, 9.17) is 16.7 Å². The molecule has 1 N–H and O–H groups in total. The molecule has 0 aromatic heterocycles. The van der Waals surface area contributed by atoms with E-state index in [0.29, 0.717) is 15.1 Å². The van der Waals surface area contributed by atoms with E-state index in [0.717, 1.165) is 0 Å². The number of Topliss-reactive ketones (excluding diaryl/α,β-unsaturated/α-hetero) is 1. The van der Waals surface area contributed by atoms with Crippen molar-refractivity contribution in [1.29, 1.82) is 0 Å². The van der Waals surface area contributed by atoms with E-state index in [1.807, 2.05) is 0 Å². The molecule has 1 aromatic carbocycles. The molecular weight excluding hydrogens is 307 g/mol. The maximum atomic E-state index is 12.1. The predicted molar refractivity (Wildman–Crippen MR) is 69.4 cm³/mol. The average Bonchev–Trinajstić information content (AvgIpc) is 2.29. The summed E-state index contributed by atoms with van der Waals surface area (Å²) in [7, 11) is 0. The molecule has 0 radical (unpaired) electrons. The molecule has 0 aliphatic rings. The first kappa shape index (κ1) is 14.2. The van der Waals surface area contributed by atoms with Crippen molar-refractivity contribution in [2.24, 2.45) is 11.8 Å². The first-order valence-electron chi connectivity index (χ1n) is 5.06. The van der Waals surface area contributed by atoms with Crippen molar-refractivity contribution in [3.05, 3.63) is 33.3 Å². The number of hydrogen-bond donors (Lipinski definition) is 1. The predicted octanol–water partition coefficient (Wildman–Crippen LogP) is 3.64. The molecule has 0 aliphatic carbocycles. The molecule has 2 unspecified atom stereocenters. The molecule has 17 heavy (non-hydrogen) atoms. The van der Waals surface area contributed by atoms with Crippen LogP contribution in [0.3, 0.4) is 0 Å². The number of rotatable bonds is 4. The van der Waals surface area contributed by atoms with Crippen LogP contribution in [-0.4, -0.2) is 16.9 Å². The molecule has 0 heterocycles. The molecule has 1 rings (SSSR count). The zero-order valence-electron chi connectivity index (χ0n) is 9.41. The van der Waals surface area contributed by atoms with Gasteiger partial charge in [-0.15, -0.1) is 0 Å². The molecule has 5 heteroatoms. The molecule has 0 bridgehead atoms. The fourth-order valence-electron chi connectivity index (χ4n) is 1.37. The number of carboxylic acid groups (broad SMARTS) is 1. The van der Waals surface area contributed by atoms with Crippen LogP contribution < -0.4 is 0 Å². The number of ketones is 1. The number of carbonyl (C=O) groups is 2. The summed E-state index contributed by atoms with van der Waals surface area (Å²) in [6.45, 7) is 3.12. The molecule has 1 aromatic rings. The van der Waals surface area contributed by atoms with E-state index in [1.165, 1.54) is 6.92 Å². The number of hydrogen-bond acceptors (Lipinski definition) is 2. The van der Waals surface area contributed by atoms with Crippen molar-refractivity contribution in [3.63, 3.8) is 0 Å². The largest absolute Gasteiger partial charge is 0.481 e. The van der Waals surface area contributed by atoms with Gasteiger partial charge in [-0.2, -0.15) is 0 Å². The summed E-state index contributed by atoms with van der Waals surface area (Å²) < 4.78 is 0.622. The summed E-state index contributed by atoms with van der Waals surface area (Å²) >= 11 is 9.08. The average molecular weight is 320 g/mol. The Balaban J connectivity index is 3.04. The number of carbonyl (C=O) groups excluding carboxylic acids is 1. The summed E-state index contributed by atoms with van der Waals surface area (Å²) in [4.78, 5) is 23.0. The van der Waals surface area contributed by atoms with Crippen LogP contribution in [0.4, 0.5) is 0 Å². The first-order valence-corrected chi connectivity index (χ1v) is 6.23. The van der Waals surface area contributed by atoms with E-state index in [1.54, 1.807) is 25.1 Å². The maximum Gasteiger partial charge on any atom is 0.306 e. The number of carboxylic acids is 1. The number of halogens is 2. The molecule has 0 saturated carbocycles. The summed E-state index contributed by atoms with van der Waals surface area (Å²) in [5, 5.41) is 9.33. The highest BCUT2D eigenvalue weighted by atomic mass is 79.9. The number of benzene rings is 1. The van der Waals surface area contributed by atoms with Gasteiger partial charge in [0.2, 0.25) is 0 Å². The quantitative estimate of drug-likeness (QED) is 0.862. The molecule has 0 spiro atoms. The Labute approximate surface area is 113 Å². The van der Waals surface area contributed by atoms with Gasteiger partial charge in [0.1, 0.15) is 0 Å². The molecule has 0 amide bonds. The van der Waals surface area contributed by atoms with E-state index < -0.39 is 17.8 Å². The topological polar surface area (TPSA) is 54.4 Å². The maximum absolute atomic E-state index is 12.1. The van der Waals surface area contributed by atoms with Gasteiger partial charge in [-0.05, 0) is 18.2 Å². The molecule has 0 saturated heterocycles. The van der Waals surface area contributed by atoms with E-state index in [-0.39, 0.29) is 5.78 Å². The van der Waals surface area contributed by atoms with Crippen molar-refractivity contribution < 1.29 is 14.7 Å². The third-order valence-corrected chi connectivity index (χ3v) is 3.67. The van der Waals surface area contributed by atoms with Crippen molar-refractivity contribution >= 4 is 39.3 Å². The smallest absolute Gasteiger partial charge is 0.306 e. The third-order valence-electron chi connectivity index (χ3n) is 2.75. The van der Waals surface area contributed by atoms with Crippen LogP contribution in [0, 0.1) is 11.8 Å². The Morgan fingerprint density at radius 1 is 1.29 bits per heavy atom. The third kappa shape index (κ3) is 3.30. The zero-order valence-corrected chi connectivity index (χ0v) is 11.7. The van der Waals surface area contributed by atoms with Crippen LogP contribution in [0.25, 0.3) is 0 Å². The van der Waals surface area contributed by atoms with Crippen LogP contribution in [0.1, 0.15) is 24.2 Å². The van der Waals surface area contributed by atoms with Gasteiger partial charge in [0, 0.05) is 21.0 Å². The molecule has 92 valence electrons. The molecule has 2 atom stereocenters. The van der Waals surface area contributed by atoms with Crippen molar-refractivity contribution in [2.75, 3.05) is 0 Å². The van der Waals surface area contributed by atoms with Crippen LogP contribution in [0.15, 0.2) is 22.7 Å². The highest BCUT2D eigenvalue weighted by molar-refractivity contribution is 9.10. The van der Waals surface area contributed by atoms with Crippen LogP contribution >= 0.6 is 27.5 Å². The lowest BCUT2D eigenvalue weighted by atomic mass is 9.88. The highest BCUT2D eigenvalue weighted by Crippen LogP contribution is 2.26. The van der Waals surface area contributed by atoms with Gasteiger partial charge >= 0.3 is 5.97 Å². The Kier molecular flexibility index (Phi) is 4.71. The first-order chi connectivity index (χ1) is 7.84. The van der Waals surface area contributed by atoms with Crippen molar-refractivity contribution in [1.82, 2.24) is 0 Å². The van der Waals surface area contributed by atoms with Gasteiger partial charge in [-0.1, -0.05) is 41.4 Å². The Morgan fingerprint density at radius 2 is 1.88 bits per heavy atom. The van der Waals surface area contributed by atoms with E-state index >= 15 is 0 Å². The lowest BCUT2D eigenvalue weighted by Crippen LogP contribution is -2.25. The van der Waals surface area contributed by atoms with Gasteiger partial charge in [0.05, 0.1) is 5.92 Å². The molecule has 3 nitrogen and oxygen atoms in total. The SMILES string of the molecule is CC(C(=O)O)C(C)C(=O)c1cc(Cl)ccc1Br. The monoisotopic (exact) mass is 318 g/mol. The van der Waals surface area contributed by atoms with Gasteiger partial charge in [-0.3, -0.25) is 9.59 Å². The minimum Gasteiger partial charge on any atom is -0.481 e. The lowest BCUT2D eigenvalue weighted by molar-refractivity contribution is -0.142. The van der Waals surface area contributed by atoms with Crippen LogP contribution in [0.5, 0.6) is 0 Å². The minimum absolute atomic E-state index is 0.228. The van der Waals surface area contributed by atoms with E-state index in [9.17, 15) is 9.59 Å². The summed E-state index contributed by atoms with van der Waals surface area (Å²) in [5.41, 5.74) is 0.415. The van der Waals surface area contributed by atoms with Gasteiger partial charge in [0.25, 0.3) is 0 Å². The fourth-order valence-corrected chi connectivity index (χ4v) is 1.99. The fraction of sp³-hybridized carbons (Fsp3) is 0.333. The Morgan fingerprint density at radius 3 is 2.41 bits per heavy atom. The zero-order chi connectivity index (χ0) is 13.2. The normalized spacial score (nSPS) is 14.1. The van der Waals surface area contributed by atoms with Crippen LogP contribution in [-0.2, 0) is 4.79 Å². The Bertz CT molecular complexity index is 459. The standard InChI is InChI=1S/C12H12BrClO3/c1-6(7(2)12(16)17)11(15)9-5-8(14)3-4-10(9)13/h3-7H,1-2H3,(H,16,17). The minimum atomic E-state index is -0.982. The second-order valence-corrected chi connectivity index (χ2v) is 5.19. The molecular formula is C12H12BrClO3. The highest BCUT2D eigenvalue weighted by Gasteiger charge is 2.27. The summed E-state index contributed by atoms with van der Waals surface area (Å²) in [6, 6.07) is 4.88. The van der Waals surface area contributed by atoms with Crippen LogP contribution in [0.2, 0.25) is 5.02 Å². The number of aliphatic carboxylic acids is 1. The van der Waals surface area contributed by atoms with Gasteiger partial charge in [-0.25, -0.2) is 0 Å². The summed E-state index contributed by atoms with van der Waals surface area (Å²) in [5.74, 6) is -2.53. The van der Waals surface area contributed by atoms with Crippen molar-refractivity contribution in [3.8, 4) is 0 Å².